The van der Waals surface area contributed by atoms with Gasteiger partial charge >= 0.3 is 0 Å². The van der Waals surface area contributed by atoms with Crippen LogP contribution in [0.15, 0.2) is 77.7 Å². The average Bonchev–Trinajstić information content (AvgIpc) is 2.88. The van der Waals surface area contributed by atoms with E-state index in [0.717, 1.165) is 24.3 Å². The lowest BCUT2D eigenvalue weighted by molar-refractivity contribution is 0.0846. The van der Waals surface area contributed by atoms with E-state index in [-0.39, 0.29) is 17.0 Å². The van der Waals surface area contributed by atoms with E-state index in [1.807, 2.05) is 42.5 Å². The lowest BCUT2D eigenvalue weighted by Gasteiger charge is -2.21. The van der Waals surface area contributed by atoms with E-state index in [1.54, 1.807) is 25.1 Å². The van der Waals surface area contributed by atoms with Gasteiger partial charge in [-0.1, -0.05) is 36.4 Å². The number of rotatable bonds is 9. The molecule has 35 heavy (non-hydrogen) atoms. The number of hydrogen-bond donors (Lipinski definition) is 3. The van der Waals surface area contributed by atoms with Crippen molar-refractivity contribution in [2.75, 3.05) is 18.0 Å². The molecule has 3 aromatic carbocycles. The Morgan fingerprint density at radius 1 is 0.829 bits per heavy atom. The van der Waals surface area contributed by atoms with Crippen LogP contribution in [0.2, 0.25) is 0 Å². The number of benzene rings is 3. The van der Waals surface area contributed by atoms with Crippen molar-refractivity contribution in [2.45, 2.75) is 32.2 Å². The Kier molecular flexibility index (Phi) is 8.62. The Balaban J connectivity index is 1.66. The van der Waals surface area contributed by atoms with Crippen molar-refractivity contribution in [1.82, 2.24) is 15.6 Å². The Morgan fingerprint density at radius 3 is 2.09 bits per heavy atom. The van der Waals surface area contributed by atoms with Crippen LogP contribution in [-0.2, 0) is 16.6 Å². The van der Waals surface area contributed by atoms with Crippen molar-refractivity contribution in [2.24, 2.45) is 0 Å². The summed E-state index contributed by atoms with van der Waals surface area (Å²) in [7, 11) is -3.84. The van der Waals surface area contributed by atoms with E-state index >= 15 is 0 Å². The second-order valence-electron chi connectivity index (χ2n) is 7.91. The Labute approximate surface area is 206 Å². The molecule has 0 unspecified atom stereocenters. The van der Waals surface area contributed by atoms with Crippen LogP contribution < -0.4 is 20.5 Å². The summed E-state index contributed by atoms with van der Waals surface area (Å²) in [6, 6.07) is 20.5. The second-order valence-corrected chi connectivity index (χ2v) is 9.68. The number of sulfonamides is 1. The van der Waals surface area contributed by atoms with Gasteiger partial charge in [0.2, 0.25) is 10.0 Å². The SMILES string of the molecule is CCN(CC)c1ccc(C(=O)NNC(=O)c2cc(S(=O)(=O)NCc3ccccc3)ccc2C)cc1. The zero-order chi connectivity index (χ0) is 25.4. The fourth-order valence-electron chi connectivity index (χ4n) is 3.54. The van der Waals surface area contributed by atoms with E-state index in [4.69, 9.17) is 0 Å². The maximum Gasteiger partial charge on any atom is 0.270 e. The summed E-state index contributed by atoms with van der Waals surface area (Å²) in [6.07, 6.45) is 0. The molecule has 8 nitrogen and oxygen atoms in total. The number of amides is 2. The largest absolute Gasteiger partial charge is 0.372 e. The smallest absolute Gasteiger partial charge is 0.270 e. The van der Waals surface area contributed by atoms with Crippen molar-refractivity contribution < 1.29 is 18.0 Å². The first-order valence-electron chi connectivity index (χ1n) is 11.3. The summed E-state index contributed by atoms with van der Waals surface area (Å²) in [5.74, 6) is -1.09. The number of hydrogen-bond acceptors (Lipinski definition) is 5. The van der Waals surface area contributed by atoms with Crippen molar-refractivity contribution in [1.29, 1.82) is 0 Å². The normalized spacial score (nSPS) is 11.1. The number of carbonyl (C=O) groups excluding carboxylic acids is 2. The van der Waals surface area contributed by atoms with Gasteiger partial charge in [0.15, 0.2) is 0 Å². The second kappa shape index (κ2) is 11.6. The molecule has 0 aliphatic rings. The maximum absolute atomic E-state index is 12.7. The lowest BCUT2D eigenvalue weighted by atomic mass is 10.1. The number of nitrogens with zero attached hydrogens (tertiary/aromatic N) is 1. The summed E-state index contributed by atoms with van der Waals surface area (Å²) >= 11 is 0. The molecule has 3 rings (SSSR count). The topological polar surface area (TPSA) is 108 Å². The summed E-state index contributed by atoms with van der Waals surface area (Å²) in [6.45, 7) is 7.64. The summed E-state index contributed by atoms with van der Waals surface area (Å²) in [5.41, 5.74) is 7.68. The first-order chi connectivity index (χ1) is 16.7. The van der Waals surface area contributed by atoms with Crippen LogP contribution in [0.3, 0.4) is 0 Å². The van der Waals surface area contributed by atoms with Gasteiger partial charge in [-0.2, -0.15) is 0 Å². The highest BCUT2D eigenvalue weighted by molar-refractivity contribution is 7.89. The Morgan fingerprint density at radius 2 is 1.46 bits per heavy atom. The molecule has 0 radical (unpaired) electrons. The predicted molar refractivity (Wildman–Crippen MR) is 137 cm³/mol. The summed E-state index contributed by atoms with van der Waals surface area (Å²) < 4.78 is 28.0. The van der Waals surface area contributed by atoms with Gasteiger partial charge in [-0.3, -0.25) is 20.4 Å². The number of aryl methyl sites for hydroxylation is 1. The molecule has 0 heterocycles. The lowest BCUT2D eigenvalue weighted by Crippen LogP contribution is -2.42. The molecule has 0 spiro atoms. The zero-order valence-electron chi connectivity index (χ0n) is 20.0. The number of anilines is 1. The molecule has 184 valence electrons. The van der Waals surface area contributed by atoms with Crippen LogP contribution in [0, 0.1) is 6.92 Å². The van der Waals surface area contributed by atoms with E-state index in [1.165, 1.54) is 12.1 Å². The molecule has 3 N–H and O–H groups in total. The summed E-state index contributed by atoms with van der Waals surface area (Å²) in [5, 5.41) is 0. The quantitative estimate of drug-likeness (QED) is 0.395. The highest BCUT2D eigenvalue weighted by atomic mass is 32.2. The molecule has 9 heteroatoms. The molecule has 0 atom stereocenters. The van der Waals surface area contributed by atoms with Crippen LogP contribution >= 0.6 is 0 Å². The number of hydrazine groups is 1. The van der Waals surface area contributed by atoms with Gasteiger partial charge in [-0.05, 0) is 68.3 Å². The Bertz CT molecular complexity index is 1270. The van der Waals surface area contributed by atoms with Crippen LogP contribution in [0.1, 0.15) is 45.7 Å². The molecular weight excluding hydrogens is 464 g/mol. The van der Waals surface area contributed by atoms with Crippen LogP contribution in [0.5, 0.6) is 0 Å². The molecule has 3 aromatic rings. The third kappa shape index (κ3) is 6.68. The molecule has 0 aliphatic heterocycles. The van der Waals surface area contributed by atoms with Crippen LogP contribution in [-0.4, -0.2) is 33.3 Å². The minimum absolute atomic E-state index is 0.0394. The third-order valence-corrected chi connectivity index (χ3v) is 7.02. The number of carbonyl (C=O) groups is 2. The highest BCUT2D eigenvalue weighted by Gasteiger charge is 2.18. The van der Waals surface area contributed by atoms with Crippen LogP contribution in [0.4, 0.5) is 5.69 Å². The minimum atomic E-state index is -3.84. The van der Waals surface area contributed by atoms with Gasteiger partial charge in [0.25, 0.3) is 11.8 Å². The van der Waals surface area contributed by atoms with Gasteiger partial charge in [0, 0.05) is 36.4 Å². The van der Waals surface area contributed by atoms with Gasteiger partial charge in [0.05, 0.1) is 4.90 Å². The van der Waals surface area contributed by atoms with Gasteiger partial charge in [0.1, 0.15) is 0 Å². The molecule has 0 saturated carbocycles. The van der Waals surface area contributed by atoms with E-state index in [2.05, 4.69) is 34.3 Å². The molecule has 2 amide bonds. The fraction of sp³-hybridized carbons (Fsp3) is 0.231. The molecule has 0 fully saturated rings. The van der Waals surface area contributed by atoms with E-state index in [0.29, 0.717) is 11.1 Å². The van der Waals surface area contributed by atoms with Gasteiger partial charge in [-0.25, -0.2) is 13.1 Å². The fourth-order valence-corrected chi connectivity index (χ4v) is 4.58. The molecule has 0 bridgehead atoms. The molecule has 0 aromatic heterocycles. The molecule has 0 saturated heterocycles. The first-order valence-corrected chi connectivity index (χ1v) is 12.8. The van der Waals surface area contributed by atoms with Crippen molar-refractivity contribution >= 4 is 27.5 Å². The Hall–Kier alpha value is -3.69. The van der Waals surface area contributed by atoms with Crippen molar-refractivity contribution in [3.8, 4) is 0 Å². The van der Waals surface area contributed by atoms with E-state index in [9.17, 15) is 18.0 Å². The summed E-state index contributed by atoms with van der Waals surface area (Å²) in [4.78, 5) is 27.3. The number of nitrogens with one attached hydrogen (secondary N) is 3. The van der Waals surface area contributed by atoms with Crippen molar-refractivity contribution in [3.05, 3.63) is 95.1 Å². The minimum Gasteiger partial charge on any atom is -0.372 e. The standard InChI is InChI=1S/C26H30N4O4S/c1-4-30(5-2)22-14-12-21(13-15-22)25(31)28-29-26(32)24-17-23(16-11-19(24)3)35(33,34)27-18-20-9-7-6-8-10-20/h6-17,27H,4-5,18H2,1-3H3,(H,28,31)(H,29,32). The highest BCUT2D eigenvalue weighted by Crippen LogP contribution is 2.17. The molecule has 0 aliphatic carbocycles. The first kappa shape index (κ1) is 25.9. The van der Waals surface area contributed by atoms with Gasteiger partial charge in [-0.15, -0.1) is 0 Å². The maximum atomic E-state index is 12.7. The monoisotopic (exact) mass is 494 g/mol. The van der Waals surface area contributed by atoms with E-state index < -0.39 is 21.8 Å². The third-order valence-electron chi connectivity index (χ3n) is 5.62. The van der Waals surface area contributed by atoms with Gasteiger partial charge < -0.3 is 4.90 Å². The van der Waals surface area contributed by atoms with Crippen molar-refractivity contribution in [3.63, 3.8) is 0 Å². The predicted octanol–water partition coefficient (Wildman–Crippen LogP) is 3.39. The average molecular weight is 495 g/mol. The molecular formula is C26H30N4O4S. The van der Waals surface area contributed by atoms with Crippen LogP contribution in [0.25, 0.3) is 0 Å². The zero-order valence-corrected chi connectivity index (χ0v) is 20.9.